The van der Waals surface area contributed by atoms with E-state index in [0.717, 1.165) is 15.7 Å². The molecule has 6 heteroatoms. The number of carbonyl (C=O) groups is 2. The van der Waals surface area contributed by atoms with Crippen molar-refractivity contribution in [1.29, 1.82) is 0 Å². The molecule has 1 amide bonds. The molecule has 0 radical (unpaired) electrons. The summed E-state index contributed by atoms with van der Waals surface area (Å²) >= 11 is 3.40. The van der Waals surface area contributed by atoms with Crippen LogP contribution in [0.15, 0.2) is 64.3 Å². The highest BCUT2D eigenvalue weighted by Crippen LogP contribution is 2.42. The number of cyclic esters (lactones) is 1. The fourth-order valence-corrected chi connectivity index (χ4v) is 3.75. The van der Waals surface area contributed by atoms with Gasteiger partial charge in [0.1, 0.15) is 12.4 Å². The molecule has 0 spiro atoms. The van der Waals surface area contributed by atoms with E-state index in [-0.39, 0.29) is 30.8 Å². The lowest BCUT2D eigenvalue weighted by Gasteiger charge is -2.32. The quantitative estimate of drug-likeness (QED) is 0.718. The van der Waals surface area contributed by atoms with E-state index in [0.29, 0.717) is 17.0 Å². The van der Waals surface area contributed by atoms with E-state index in [1.165, 1.54) is 0 Å². The van der Waals surface area contributed by atoms with Crippen molar-refractivity contribution >= 4 is 33.5 Å². The Morgan fingerprint density at radius 2 is 1.92 bits per heavy atom. The topological polar surface area (TPSA) is 55.8 Å². The molecule has 1 atom stereocenters. The SMILES string of the molecule is COc1cccc(C2CC(=O)N(c3ccc(Br)cc3)C3=C2C(=O)OC3)c1. The molecule has 4 rings (SSSR count). The molecule has 0 bridgehead atoms. The minimum atomic E-state index is -0.359. The number of hydrogen-bond donors (Lipinski definition) is 0. The number of esters is 1. The van der Waals surface area contributed by atoms with Gasteiger partial charge in [0.05, 0.1) is 18.4 Å². The fourth-order valence-electron chi connectivity index (χ4n) is 3.49. The van der Waals surface area contributed by atoms with Gasteiger partial charge in [-0.3, -0.25) is 9.69 Å². The standard InChI is InChI=1S/C20H16BrNO4/c1-25-15-4-2-3-12(9-15)16-10-18(23)22(14-7-5-13(21)6-8-14)17-11-26-20(24)19(16)17/h2-9,16H,10-11H2,1H3. The highest BCUT2D eigenvalue weighted by Gasteiger charge is 2.42. The lowest BCUT2D eigenvalue weighted by molar-refractivity contribution is -0.136. The Balaban J connectivity index is 1.81. The summed E-state index contributed by atoms with van der Waals surface area (Å²) in [5, 5.41) is 0. The molecule has 2 aromatic rings. The Morgan fingerprint density at radius 1 is 1.15 bits per heavy atom. The van der Waals surface area contributed by atoms with Gasteiger partial charge in [-0.15, -0.1) is 0 Å². The molecule has 26 heavy (non-hydrogen) atoms. The van der Waals surface area contributed by atoms with Crippen LogP contribution in [0.4, 0.5) is 5.69 Å². The first-order valence-electron chi connectivity index (χ1n) is 8.21. The summed E-state index contributed by atoms with van der Waals surface area (Å²) in [5.74, 6) is -0.0484. The van der Waals surface area contributed by atoms with Crippen LogP contribution in [0.25, 0.3) is 0 Å². The Morgan fingerprint density at radius 3 is 2.65 bits per heavy atom. The lowest BCUT2D eigenvalue weighted by atomic mass is 9.84. The number of carbonyl (C=O) groups excluding carboxylic acids is 2. The summed E-state index contributed by atoms with van der Waals surface area (Å²) in [4.78, 5) is 27.0. The average molecular weight is 414 g/mol. The third-order valence-electron chi connectivity index (χ3n) is 4.70. The first kappa shape index (κ1) is 16.8. The summed E-state index contributed by atoms with van der Waals surface area (Å²) in [6.45, 7) is 0.108. The van der Waals surface area contributed by atoms with Gasteiger partial charge in [-0.1, -0.05) is 28.1 Å². The van der Waals surface area contributed by atoms with Crippen LogP contribution in [0.5, 0.6) is 5.75 Å². The Bertz CT molecular complexity index is 920. The van der Waals surface area contributed by atoms with Gasteiger partial charge in [0, 0.05) is 22.5 Å². The maximum atomic E-state index is 12.9. The zero-order valence-electron chi connectivity index (χ0n) is 14.1. The molecule has 2 aliphatic heterocycles. The largest absolute Gasteiger partial charge is 0.497 e. The van der Waals surface area contributed by atoms with Crippen LogP contribution in [0.3, 0.4) is 0 Å². The number of rotatable bonds is 3. The molecule has 0 aliphatic carbocycles. The molecule has 0 saturated heterocycles. The highest BCUT2D eigenvalue weighted by molar-refractivity contribution is 9.10. The van der Waals surface area contributed by atoms with Crippen LogP contribution >= 0.6 is 15.9 Å². The first-order chi connectivity index (χ1) is 12.6. The smallest absolute Gasteiger partial charge is 0.336 e. The van der Waals surface area contributed by atoms with Gasteiger partial charge in [0.2, 0.25) is 5.91 Å². The summed E-state index contributed by atoms with van der Waals surface area (Å²) in [7, 11) is 1.59. The molecule has 132 valence electrons. The van der Waals surface area contributed by atoms with E-state index in [2.05, 4.69) is 15.9 Å². The minimum absolute atomic E-state index is 0.0582. The third kappa shape index (κ3) is 2.80. The van der Waals surface area contributed by atoms with Gasteiger partial charge < -0.3 is 9.47 Å². The fraction of sp³-hybridized carbons (Fsp3) is 0.200. The van der Waals surface area contributed by atoms with Gasteiger partial charge in [-0.25, -0.2) is 4.79 Å². The normalized spacial score (nSPS) is 19.5. The monoisotopic (exact) mass is 413 g/mol. The molecule has 1 unspecified atom stereocenters. The molecule has 0 fully saturated rings. The number of anilines is 1. The van der Waals surface area contributed by atoms with Crippen molar-refractivity contribution in [2.45, 2.75) is 12.3 Å². The second-order valence-electron chi connectivity index (χ2n) is 6.18. The van der Waals surface area contributed by atoms with Crippen LogP contribution < -0.4 is 9.64 Å². The van der Waals surface area contributed by atoms with Crippen LogP contribution in [0, 0.1) is 0 Å². The summed E-state index contributed by atoms with van der Waals surface area (Å²) in [6, 6.07) is 14.9. The minimum Gasteiger partial charge on any atom is -0.497 e. The van der Waals surface area contributed by atoms with Crippen molar-refractivity contribution in [3.8, 4) is 5.75 Å². The first-order valence-corrected chi connectivity index (χ1v) is 9.00. The predicted octanol–water partition coefficient (Wildman–Crippen LogP) is 3.79. The van der Waals surface area contributed by atoms with Crippen molar-refractivity contribution in [3.63, 3.8) is 0 Å². The number of hydrogen-bond acceptors (Lipinski definition) is 4. The molecule has 0 aromatic heterocycles. The van der Waals surface area contributed by atoms with E-state index in [9.17, 15) is 9.59 Å². The van der Waals surface area contributed by atoms with E-state index >= 15 is 0 Å². The van der Waals surface area contributed by atoms with Crippen LogP contribution in [0.1, 0.15) is 17.9 Å². The van der Waals surface area contributed by atoms with Crippen molar-refractivity contribution in [2.75, 3.05) is 18.6 Å². The Kier molecular flexibility index (Phi) is 4.28. The van der Waals surface area contributed by atoms with E-state index in [1.807, 2.05) is 48.5 Å². The summed E-state index contributed by atoms with van der Waals surface area (Å²) < 4.78 is 11.5. The summed E-state index contributed by atoms with van der Waals surface area (Å²) in [5.41, 5.74) is 2.79. The second-order valence-corrected chi connectivity index (χ2v) is 7.09. The number of methoxy groups -OCH3 is 1. The molecule has 0 N–H and O–H groups in total. The molecule has 5 nitrogen and oxygen atoms in total. The Hall–Kier alpha value is -2.60. The van der Waals surface area contributed by atoms with Crippen molar-refractivity contribution in [2.24, 2.45) is 0 Å². The Labute approximate surface area is 159 Å². The predicted molar refractivity (Wildman–Crippen MR) is 100.0 cm³/mol. The molecule has 2 aliphatic rings. The van der Waals surface area contributed by atoms with E-state index in [4.69, 9.17) is 9.47 Å². The van der Waals surface area contributed by atoms with Gasteiger partial charge in [0.15, 0.2) is 0 Å². The van der Waals surface area contributed by atoms with Crippen LogP contribution in [0.2, 0.25) is 0 Å². The number of nitrogens with zero attached hydrogens (tertiary/aromatic N) is 1. The third-order valence-corrected chi connectivity index (χ3v) is 5.23. The van der Waals surface area contributed by atoms with Crippen LogP contribution in [-0.2, 0) is 14.3 Å². The van der Waals surface area contributed by atoms with Gasteiger partial charge >= 0.3 is 5.97 Å². The number of ether oxygens (including phenoxy) is 2. The zero-order valence-corrected chi connectivity index (χ0v) is 15.7. The van der Waals surface area contributed by atoms with Crippen molar-refractivity contribution in [1.82, 2.24) is 0 Å². The molecular formula is C20H16BrNO4. The zero-order chi connectivity index (χ0) is 18.3. The molecule has 2 heterocycles. The molecular weight excluding hydrogens is 398 g/mol. The van der Waals surface area contributed by atoms with Gasteiger partial charge in [-0.05, 0) is 42.0 Å². The molecule has 0 saturated carbocycles. The van der Waals surface area contributed by atoms with E-state index in [1.54, 1.807) is 12.0 Å². The second kappa shape index (κ2) is 6.61. The van der Waals surface area contributed by atoms with Gasteiger partial charge in [0.25, 0.3) is 0 Å². The highest BCUT2D eigenvalue weighted by atomic mass is 79.9. The maximum Gasteiger partial charge on any atom is 0.336 e. The number of amides is 1. The average Bonchev–Trinajstić information content (AvgIpc) is 3.04. The van der Waals surface area contributed by atoms with Crippen LogP contribution in [-0.4, -0.2) is 25.6 Å². The molecule has 2 aromatic carbocycles. The maximum absolute atomic E-state index is 12.9. The number of benzene rings is 2. The number of halogens is 1. The van der Waals surface area contributed by atoms with Crippen molar-refractivity contribution in [3.05, 3.63) is 69.8 Å². The van der Waals surface area contributed by atoms with E-state index < -0.39 is 0 Å². The van der Waals surface area contributed by atoms with Crippen molar-refractivity contribution < 1.29 is 19.1 Å². The lowest BCUT2D eigenvalue weighted by Crippen LogP contribution is -2.37. The summed E-state index contributed by atoms with van der Waals surface area (Å²) in [6.07, 6.45) is 0.206. The van der Waals surface area contributed by atoms with Gasteiger partial charge in [-0.2, -0.15) is 0 Å².